The summed E-state index contributed by atoms with van der Waals surface area (Å²) < 4.78 is 34.0. The number of ether oxygens (including phenoxy) is 1. The Balaban J connectivity index is 2.08. The predicted molar refractivity (Wildman–Crippen MR) is 158 cm³/mol. The summed E-state index contributed by atoms with van der Waals surface area (Å²) in [7, 11) is -2.67. The number of benzene rings is 3. The van der Waals surface area contributed by atoms with Crippen molar-refractivity contribution < 1.29 is 22.7 Å². The Bertz CT molecular complexity index is 1410. The highest BCUT2D eigenvalue weighted by molar-refractivity contribution is 7.92. The number of rotatable bonds is 12. The van der Waals surface area contributed by atoms with Crippen LogP contribution in [0.4, 0.5) is 5.69 Å². The Morgan fingerprint density at radius 3 is 2.08 bits per heavy atom. The van der Waals surface area contributed by atoms with Gasteiger partial charge in [-0.1, -0.05) is 60.0 Å². The summed E-state index contributed by atoms with van der Waals surface area (Å²) in [5.41, 5.74) is 1.75. The number of hydrogen-bond donors (Lipinski definition) is 1. The van der Waals surface area contributed by atoms with E-state index in [1.807, 2.05) is 6.92 Å². The minimum absolute atomic E-state index is 0.000491. The van der Waals surface area contributed by atoms with Gasteiger partial charge >= 0.3 is 0 Å². The van der Waals surface area contributed by atoms with Gasteiger partial charge in [-0.15, -0.1) is 0 Å². The average molecular weight is 607 g/mol. The Morgan fingerprint density at radius 1 is 0.950 bits per heavy atom. The molecule has 3 aromatic carbocycles. The van der Waals surface area contributed by atoms with Gasteiger partial charge in [0.05, 0.1) is 17.7 Å². The molecule has 0 spiro atoms. The Kier molecular flexibility index (Phi) is 10.8. The van der Waals surface area contributed by atoms with E-state index in [1.165, 1.54) is 35.2 Å². The smallest absolute Gasteiger partial charge is 0.264 e. The lowest BCUT2D eigenvalue weighted by Crippen LogP contribution is -2.52. The fourth-order valence-electron chi connectivity index (χ4n) is 4.19. The first-order chi connectivity index (χ1) is 19.0. The molecule has 0 radical (unpaired) electrons. The van der Waals surface area contributed by atoms with E-state index < -0.39 is 28.5 Å². The first-order valence-electron chi connectivity index (χ1n) is 12.8. The maximum atomic E-state index is 14.0. The molecule has 0 bridgehead atoms. The van der Waals surface area contributed by atoms with Gasteiger partial charge < -0.3 is 15.0 Å². The van der Waals surface area contributed by atoms with Gasteiger partial charge in [0.2, 0.25) is 11.8 Å². The van der Waals surface area contributed by atoms with Crippen LogP contribution in [0.1, 0.15) is 31.4 Å². The summed E-state index contributed by atoms with van der Waals surface area (Å²) in [5.74, 6) is -0.253. The minimum Gasteiger partial charge on any atom is -0.497 e. The SMILES string of the molecule is CCNC(=O)[C@@H](CC)N(Cc1ccc(OC)cc1)C(=O)CN(c1cc(Cl)cc(Cl)c1)S(=O)(=O)c1ccc(C)cc1. The summed E-state index contributed by atoms with van der Waals surface area (Å²) in [4.78, 5) is 28.4. The quantitative estimate of drug-likeness (QED) is 0.296. The van der Waals surface area contributed by atoms with E-state index in [1.54, 1.807) is 57.4 Å². The van der Waals surface area contributed by atoms with Gasteiger partial charge in [0.1, 0.15) is 18.3 Å². The van der Waals surface area contributed by atoms with Crippen LogP contribution in [-0.4, -0.2) is 51.4 Å². The first-order valence-corrected chi connectivity index (χ1v) is 14.9. The second kappa shape index (κ2) is 13.9. The van der Waals surface area contributed by atoms with Crippen molar-refractivity contribution in [3.05, 3.63) is 87.9 Å². The molecular weight excluding hydrogens is 573 g/mol. The number of sulfonamides is 1. The highest BCUT2D eigenvalue weighted by atomic mass is 35.5. The molecule has 1 atom stereocenters. The summed E-state index contributed by atoms with van der Waals surface area (Å²) in [6, 6.07) is 16.9. The van der Waals surface area contributed by atoms with Crippen LogP contribution >= 0.6 is 23.2 Å². The van der Waals surface area contributed by atoms with Crippen LogP contribution in [0.25, 0.3) is 0 Å². The number of nitrogens with one attached hydrogen (secondary N) is 1. The Hall–Kier alpha value is -3.27. The monoisotopic (exact) mass is 605 g/mol. The summed E-state index contributed by atoms with van der Waals surface area (Å²) in [6.45, 7) is 5.31. The Labute approximate surface area is 245 Å². The molecule has 0 aliphatic rings. The third kappa shape index (κ3) is 7.68. The lowest BCUT2D eigenvalue weighted by atomic mass is 10.1. The average Bonchev–Trinajstić information content (AvgIpc) is 2.91. The summed E-state index contributed by atoms with van der Waals surface area (Å²) >= 11 is 12.5. The maximum absolute atomic E-state index is 14.0. The number of amides is 2. The molecule has 0 aliphatic carbocycles. The molecule has 0 fully saturated rings. The molecule has 0 heterocycles. The molecule has 3 rings (SSSR count). The van der Waals surface area contributed by atoms with Gasteiger partial charge in [-0.2, -0.15) is 0 Å². The van der Waals surface area contributed by atoms with Crippen molar-refractivity contribution >= 4 is 50.7 Å². The summed E-state index contributed by atoms with van der Waals surface area (Å²) in [5, 5.41) is 3.20. The lowest BCUT2D eigenvalue weighted by molar-refractivity contribution is -0.140. The number of halogens is 2. The van der Waals surface area contributed by atoms with Crippen LogP contribution in [0.15, 0.2) is 71.6 Å². The second-order valence-electron chi connectivity index (χ2n) is 9.14. The zero-order chi connectivity index (χ0) is 29.4. The van der Waals surface area contributed by atoms with E-state index in [9.17, 15) is 18.0 Å². The van der Waals surface area contributed by atoms with E-state index in [4.69, 9.17) is 27.9 Å². The van der Waals surface area contributed by atoms with E-state index in [2.05, 4.69) is 5.32 Å². The van der Waals surface area contributed by atoms with E-state index in [0.29, 0.717) is 18.7 Å². The van der Waals surface area contributed by atoms with Crippen LogP contribution in [0.5, 0.6) is 5.75 Å². The van der Waals surface area contributed by atoms with Crippen molar-refractivity contribution in [3.63, 3.8) is 0 Å². The van der Waals surface area contributed by atoms with Crippen molar-refractivity contribution in [3.8, 4) is 5.75 Å². The van der Waals surface area contributed by atoms with Crippen molar-refractivity contribution in [2.24, 2.45) is 0 Å². The molecule has 40 heavy (non-hydrogen) atoms. The molecule has 2 amide bonds. The third-order valence-corrected chi connectivity index (χ3v) is 8.50. The van der Waals surface area contributed by atoms with Crippen LogP contribution in [0.3, 0.4) is 0 Å². The molecule has 0 aromatic heterocycles. The van der Waals surface area contributed by atoms with Crippen LogP contribution in [0.2, 0.25) is 10.0 Å². The van der Waals surface area contributed by atoms with Gasteiger partial charge in [-0.3, -0.25) is 13.9 Å². The highest BCUT2D eigenvalue weighted by Gasteiger charge is 2.33. The van der Waals surface area contributed by atoms with E-state index >= 15 is 0 Å². The number of aryl methyl sites for hydroxylation is 1. The van der Waals surface area contributed by atoms with E-state index in [0.717, 1.165) is 15.4 Å². The number of methoxy groups -OCH3 is 1. The lowest BCUT2D eigenvalue weighted by Gasteiger charge is -2.33. The molecule has 0 saturated carbocycles. The fourth-order valence-corrected chi connectivity index (χ4v) is 6.10. The zero-order valence-electron chi connectivity index (χ0n) is 22.9. The molecule has 11 heteroatoms. The molecule has 214 valence electrons. The zero-order valence-corrected chi connectivity index (χ0v) is 25.2. The van der Waals surface area contributed by atoms with Crippen molar-refractivity contribution in [2.75, 3.05) is 24.5 Å². The third-order valence-electron chi connectivity index (χ3n) is 6.27. The normalized spacial score (nSPS) is 11.9. The minimum atomic E-state index is -4.23. The molecule has 0 unspecified atom stereocenters. The van der Waals surface area contributed by atoms with Gasteiger partial charge in [0.25, 0.3) is 10.0 Å². The number of hydrogen-bond acceptors (Lipinski definition) is 5. The maximum Gasteiger partial charge on any atom is 0.264 e. The standard InChI is InChI=1S/C29H33Cl2N3O5S/c1-5-27(29(36)32-6-2)33(18-21-9-11-25(39-4)12-10-21)28(35)19-34(24-16-22(30)15-23(31)17-24)40(37,38)26-13-7-20(3)8-14-26/h7-17,27H,5-6,18-19H2,1-4H3,(H,32,36)/t27-/m1/s1. The summed E-state index contributed by atoms with van der Waals surface area (Å²) in [6.07, 6.45) is 0.321. The number of nitrogens with zero attached hydrogens (tertiary/aromatic N) is 2. The highest BCUT2D eigenvalue weighted by Crippen LogP contribution is 2.30. The molecule has 0 saturated heterocycles. The van der Waals surface area contributed by atoms with Gasteiger partial charge in [0.15, 0.2) is 0 Å². The largest absolute Gasteiger partial charge is 0.497 e. The van der Waals surface area contributed by atoms with Crippen molar-refractivity contribution in [1.29, 1.82) is 0 Å². The topological polar surface area (TPSA) is 96.0 Å². The van der Waals surface area contributed by atoms with Gasteiger partial charge in [-0.25, -0.2) is 8.42 Å². The van der Waals surface area contributed by atoms with Gasteiger partial charge in [0, 0.05) is 23.1 Å². The van der Waals surface area contributed by atoms with Gasteiger partial charge in [-0.05, 0) is 68.3 Å². The fraction of sp³-hybridized carbons (Fsp3) is 0.310. The van der Waals surface area contributed by atoms with E-state index in [-0.39, 0.29) is 33.1 Å². The molecular formula is C29H33Cl2N3O5S. The Morgan fingerprint density at radius 2 is 1.55 bits per heavy atom. The van der Waals surface area contributed by atoms with Crippen LogP contribution in [-0.2, 0) is 26.2 Å². The molecule has 3 aromatic rings. The number of anilines is 1. The second-order valence-corrected chi connectivity index (χ2v) is 11.9. The van der Waals surface area contributed by atoms with Crippen molar-refractivity contribution in [1.82, 2.24) is 10.2 Å². The van der Waals surface area contributed by atoms with Crippen molar-refractivity contribution in [2.45, 2.75) is 44.7 Å². The number of likely N-dealkylation sites (N-methyl/N-ethyl adjacent to an activating group) is 1. The molecule has 0 aliphatic heterocycles. The molecule has 1 N–H and O–H groups in total. The van der Waals surface area contributed by atoms with Crippen LogP contribution in [0, 0.1) is 6.92 Å². The number of carbonyl (C=O) groups is 2. The molecule has 8 nitrogen and oxygen atoms in total. The first kappa shape index (κ1) is 31.3. The number of carbonyl (C=O) groups excluding carboxylic acids is 2. The van der Waals surface area contributed by atoms with Crippen LogP contribution < -0.4 is 14.4 Å². The predicted octanol–water partition coefficient (Wildman–Crippen LogP) is 5.45.